The van der Waals surface area contributed by atoms with Crippen LogP contribution >= 0.6 is 0 Å². The van der Waals surface area contributed by atoms with Crippen molar-refractivity contribution >= 4 is 11.8 Å². The predicted octanol–water partition coefficient (Wildman–Crippen LogP) is 1.88. The van der Waals surface area contributed by atoms with Crippen LogP contribution in [-0.4, -0.2) is 40.8 Å². The molecule has 6 nitrogen and oxygen atoms in total. The lowest BCUT2D eigenvalue weighted by Gasteiger charge is -2.39. The number of amides is 2. The smallest absolute Gasteiger partial charge is 0.254 e. The first-order valence-corrected chi connectivity index (χ1v) is 9.14. The fourth-order valence-electron chi connectivity index (χ4n) is 3.99. The molecule has 0 aromatic carbocycles. The van der Waals surface area contributed by atoms with Crippen LogP contribution in [0.5, 0.6) is 0 Å². The fraction of sp³-hybridized carbons (Fsp3) is 0.632. The summed E-state index contributed by atoms with van der Waals surface area (Å²) >= 11 is 0. The molecule has 2 fully saturated rings. The summed E-state index contributed by atoms with van der Waals surface area (Å²) in [6.45, 7) is 7.03. The van der Waals surface area contributed by atoms with Gasteiger partial charge in [0, 0.05) is 43.4 Å². The van der Waals surface area contributed by atoms with Crippen LogP contribution in [0.3, 0.4) is 0 Å². The van der Waals surface area contributed by atoms with Crippen LogP contribution in [0.4, 0.5) is 0 Å². The number of nitrogens with one attached hydrogen (secondary N) is 2. The van der Waals surface area contributed by atoms with Gasteiger partial charge in [-0.25, -0.2) is 0 Å². The Morgan fingerprint density at radius 3 is 2.60 bits per heavy atom. The number of likely N-dealkylation sites (tertiary alicyclic amines) is 1. The Hall–Kier alpha value is -2.11. The molecule has 25 heavy (non-hydrogen) atoms. The van der Waals surface area contributed by atoms with Crippen LogP contribution < -0.4 is 10.9 Å². The Morgan fingerprint density at radius 1 is 1.24 bits per heavy atom. The number of aromatic amines is 1. The van der Waals surface area contributed by atoms with Gasteiger partial charge >= 0.3 is 0 Å². The van der Waals surface area contributed by atoms with Gasteiger partial charge in [0.2, 0.25) is 11.5 Å². The highest BCUT2D eigenvalue weighted by Gasteiger charge is 2.39. The minimum absolute atomic E-state index is 0.0296. The SMILES string of the molecule is CC(=O)NC1CC(C2CCN(C(=O)c3cc(C(C)C)[nH]c(=O)c3)C2)C1. The molecule has 2 aliphatic rings. The van der Waals surface area contributed by atoms with Gasteiger partial charge in [0.05, 0.1) is 0 Å². The highest BCUT2D eigenvalue weighted by atomic mass is 16.2. The Labute approximate surface area is 148 Å². The lowest BCUT2D eigenvalue weighted by molar-refractivity contribution is -0.120. The average molecular weight is 345 g/mol. The summed E-state index contributed by atoms with van der Waals surface area (Å²) < 4.78 is 0. The van der Waals surface area contributed by atoms with Gasteiger partial charge < -0.3 is 15.2 Å². The van der Waals surface area contributed by atoms with Crippen molar-refractivity contribution in [1.29, 1.82) is 0 Å². The monoisotopic (exact) mass is 345 g/mol. The second kappa shape index (κ2) is 7.02. The molecule has 1 unspecified atom stereocenters. The Bertz CT molecular complexity index is 719. The summed E-state index contributed by atoms with van der Waals surface area (Å²) in [4.78, 5) is 40.4. The normalized spacial score (nSPS) is 25.8. The third-order valence-corrected chi connectivity index (χ3v) is 5.49. The van der Waals surface area contributed by atoms with Crippen LogP contribution in [0.1, 0.15) is 62.0 Å². The maximum absolute atomic E-state index is 12.8. The van der Waals surface area contributed by atoms with Gasteiger partial charge in [-0.1, -0.05) is 13.8 Å². The van der Waals surface area contributed by atoms with Gasteiger partial charge in [-0.05, 0) is 43.1 Å². The van der Waals surface area contributed by atoms with E-state index < -0.39 is 0 Å². The number of nitrogens with zero attached hydrogens (tertiary/aromatic N) is 1. The summed E-state index contributed by atoms with van der Waals surface area (Å²) in [5, 5.41) is 2.96. The van der Waals surface area contributed by atoms with Gasteiger partial charge in [-0.15, -0.1) is 0 Å². The molecular formula is C19H27N3O3. The summed E-state index contributed by atoms with van der Waals surface area (Å²) in [5.41, 5.74) is 1.06. The average Bonchev–Trinajstić information content (AvgIpc) is 2.98. The van der Waals surface area contributed by atoms with Gasteiger partial charge in [-0.2, -0.15) is 0 Å². The van der Waals surface area contributed by atoms with Crippen molar-refractivity contribution in [1.82, 2.24) is 15.2 Å². The van der Waals surface area contributed by atoms with Crippen molar-refractivity contribution in [3.8, 4) is 0 Å². The molecule has 1 aliphatic heterocycles. The quantitative estimate of drug-likeness (QED) is 0.874. The molecule has 136 valence electrons. The molecule has 0 bridgehead atoms. The highest BCUT2D eigenvalue weighted by molar-refractivity contribution is 5.94. The van der Waals surface area contributed by atoms with Crippen molar-refractivity contribution in [2.45, 2.75) is 52.0 Å². The van der Waals surface area contributed by atoms with E-state index in [0.717, 1.165) is 38.0 Å². The first kappa shape index (κ1) is 17.7. The maximum Gasteiger partial charge on any atom is 0.254 e. The number of H-pyrrole nitrogens is 1. The molecule has 2 N–H and O–H groups in total. The second-order valence-corrected chi connectivity index (χ2v) is 7.77. The zero-order chi connectivity index (χ0) is 18.1. The van der Waals surface area contributed by atoms with Crippen molar-refractivity contribution in [2.75, 3.05) is 13.1 Å². The molecule has 6 heteroatoms. The Morgan fingerprint density at radius 2 is 1.96 bits per heavy atom. The number of carbonyl (C=O) groups is 2. The van der Waals surface area contributed by atoms with Crippen molar-refractivity contribution in [3.05, 3.63) is 33.7 Å². The Balaban J connectivity index is 1.60. The van der Waals surface area contributed by atoms with Crippen LogP contribution in [0.2, 0.25) is 0 Å². The third kappa shape index (κ3) is 3.94. The fourth-order valence-corrected chi connectivity index (χ4v) is 3.99. The summed E-state index contributed by atoms with van der Waals surface area (Å²) in [7, 11) is 0. The van der Waals surface area contributed by atoms with E-state index in [9.17, 15) is 14.4 Å². The largest absolute Gasteiger partial charge is 0.354 e. The first-order valence-electron chi connectivity index (χ1n) is 9.14. The minimum Gasteiger partial charge on any atom is -0.354 e. The lowest BCUT2D eigenvalue weighted by atomic mass is 9.72. The topological polar surface area (TPSA) is 82.3 Å². The van der Waals surface area contributed by atoms with Crippen molar-refractivity contribution in [3.63, 3.8) is 0 Å². The maximum atomic E-state index is 12.8. The van der Waals surface area contributed by atoms with Crippen LogP contribution in [0, 0.1) is 11.8 Å². The molecule has 1 aliphatic carbocycles. The lowest BCUT2D eigenvalue weighted by Crippen LogP contribution is -2.46. The van der Waals surface area contributed by atoms with Gasteiger partial charge in [0.15, 0.2) is 0 Å². The van der Waals surface area contributed by atoms with E-state index in [1.165, 1.54) is 6.07 Å². The van der Waals surface area contributed by atoms with E-state index >= 15 is 0 Å². The molecule has 0 radical (unpaired) electrons. The molecule has 2 heterocycles. The van der Waals surface area contributed by atoms with Crippen LogP contribution in [0.15, 0.2) is 16.9 Å². The zero-order valence-corrected chi connectivity index (χ0v) is 15.2. The van der Waals surface area contributed by atoms with Gasteiger partial charge in [0.1, 0.15) is 0 Å². The molecule has 1 aromatic heterocycles. The van der Waals surface area contributed by atoms with Crippen LogP contribution in [0.25, 0.3) is 0 Å². The number of rotatable bonds is 4. The number of aromatic nitrogens is 1. The van der Waals surface area contributed by atoms with E-state index in [0.29, 0.717) is 23.4 Å². The van der Waals surface area contributed by atoms with Crippen LogP contribution in [-0.2, 0) is 4.79 Å². The summed E-state index contributed by atoms with van der Waals surface area (Å²) in [6.07, 6.45) is 3.02. The third-order valence-electron chi connectivity index (χ3n) is 5.49. The van der Waals surface area contributed by atoms with E-state index in [1.54, 1.807) is 13.0 Å². The molecule has 1 saturated carbocycles. The van der Waals surface area contributed by atoms with Crippen molar-refractivity contribution in [2.24, 2.45) is 11.8 Å². The van der Waals surface area contributed by atoms with E-state index in [1.807, 2.05) is 18.7 Å². The van der Waals surface area contributed by atoms with Gasteiger partial charge in [-0.3, -0.25) is 14.4 Å². The number of pyridine rings is 1. The molecule has 1 aromatic rings. The highest BCUT2D eigenvalue weighted by Crippen LogP contribution is 2.38. The Kier molecular flexibility index (Phi) is 4.97. The molecule has 0 spiro atoms. The van der Waals surface area contributed by atoms with E-state index in [4.69, 9.17) is 0 Å². The summed E-state index contributed by atoms with van der Waals surface area (Å²) in [6, 6.07) is 3.50. The predicted molar refractivity (Wildman–Crippen MR) is 95.5 cm³/mol. The second-order valence-electron chi connectivity index (χ2n) is 7.77. The molecule has 1 atom stereocenters. The molecule has 2 amide bonds. The van der Waals surface area contributed by atoms with E-state index in [2.05, 4.69) is 10.3 Å². The number of carbonyl (C=O) groups excluding carboxylic acids is 2. The standard InChI is InChI=1S/C19H27N3O3/c1-11(2)17-8-15(9-18(24)21-17)19(25)22-5-4-13(10-22)14-6-16(7-14)20-12(3)23/h8-9,11,13-14,16H,4-7,10H2,1-3H3,(H,20,23)(H,21,24). The number of hydrogen-bond acceptors (Lipinski definition) is 3. The van der Waals surface area contributed by atoms with Crippen molar-refractivity contribution < 1.29 is 9.59 Å². The minimum atomic E-state index is -0.220. The zero-order valence-electron chi connectivity index (χ0n) is 15.2. The number of hydrogen-bond donors (Lipinski definition) is 2. The summed E-state index contributed by atoms with van der Waals surface area (Å²) in [5.74, 6) is 1.24. The first-order chi connectivity index (χ1) is 11.8. The van der Waals surface area contributed by atoms with Gasteiger partial charge in [0.25, 0.3) is 5.91 Å². The molecular weight excluding hydrogens is 318 g/mol. The molecule has 1 saturated heterocycles. The van der Waals surface area contributed by atoms with E-state index in [-0.39, 0.29) is 23.3 Å². The molecule has 3 rings (SSSR count).